The molecule has 1 N–H and O–H groups in total. The largest absolute Gasteiger partial charge is 0.376 e. The predicted octanol–water partition coefficient (Wildman–Crippen LogP) is 1.23. The van der Waals surface area contributed by atoms with Gasteiger partial charge in [0.25, 0.3) is 5.91 Å². The molecule has 0 spiro atoms. The summed E-state index contributed by atoms with van der Waals surface area (Å²) in [4.78, 5) is 12.8. The normalized spacial score (nSPS) is 19.0. The van der Waals surface area contributed by atoms with E-state index in [4.69, 9.17) is 4.74 Å². The number of nitrogens with zero attached hydrogens (tertiary/aromatic N) is 1. The number of ether oxygens (including phenoxy) is 1. The summed E-state index contributed by atoms with van der Waals surface area (Å²) in [6.07, 6.45) is 2.36. The Morgan fingerprint density at radius 3 is 2.55 bits per heavy atom. The van der Waals surface area contributed by atoms with Crippen LogP contribution in [0.15, 0.2) is 11.4 Å². The highest BCUT2D eigenvalue weighted by molar-refractivity contribution is 7.88. The molecule has 1 saturated heterocycles. The maximum atomic E-state index is 12.1. The molecule has 8 heteroatoms. The lowest BCUT2D eigenvalue weighted by molar-refractivity contribution is -0.0424. The molecule has 0 aromatic carbocycles. The lowest BCUT2D eigenvalue weighted by Crippen LogP contribution is -2.52. The Labute approximate surface area is 135 Å². The number of carbonyl (C=O) groups is 1. The number of sulfonamides is 1. The van der Waals surface area contributed by atoms with Crippen LogP contribution in [0.25, 0.3) is 0 Å². The number of carbonyl (C=O) groups excluding carboxylic acids is 1. The molecule has 1 amide bonds. The van der Waals surface area contributed by atoms with Crippen molar-refractivity contribution in [3.05, 3.63) is 21.9 Å². The van der Waals surface area contributed by atoms with Crippen molar-refractivity contribution in [3.8, 4) is 0 Å². The van der Waals surface area contributed by atoms with Gasteiger partial charge in [0.05, 0.1) is 16.7 Å². The van der Waals surface area contributed by atoms with E-state index in [1.54, 1.807) is 7.11 Å². The highest BCUT2D eigenvalue weighted by Crippen LogP contribution is 2.26. The first kappa shape index (κ1) is 17.4. The van der Waals surface area contributed by atoms with Crippen molar-refractivity contribution >= 4 is 27.3 Å². The van der Waals surface area contributed by atoms with Gasteiger partial charge in [-0.15, -0.1) is 11.3 Å². The molecule has 0 radical (unpaired) electrons. The third-order valence-electron chi connectivity index (χ3n) is 4.06. The van der Waals surface area contributed by atoms with Crippen LogP contribution >= 0.6 is 11.3 Å². The molecule has 1 fully saturated rings. The second kappa shape index (κ2) is 6.66. The van der Waals surface area contributed by atoms with Crippen LogP contribution in [-0.2, 0) is 14.8 Å². The van der Waals surface area contributed by atoms with Crippen LogP contribution in [0.4, 0.5) is 0 Å². The molecule has 6 nitrogen and oxygen atoms in total. The van der Waals surface area contributed by atoms with Gasteiger partial charge in [-0.3, -0.25) is 4.79 Å². The van der Waals surface area contributed by atoms with Crippen molar-refractivity contribution in [1.29, 1.82) is 0 Å². The molecule has 0 unspecified atom stereocenters. The van der Waals surface area contributed by atoms with E-state index in [-0.39, 0.29) is 5.91 Å². The number of thiophene rings is 1. The molecular formula is C14H22N2O4S2. The molecule has 0 bridgehead atoms. The quantitative estimate of drug-likeness (QED) is 0.870. The Hall–Kier alpha value is -0.960. The van der Waals surface area contributed by atoms with Crippen molar-refractivity contribution in [2.45, 2.75) is 25.4 Å². The molecule has 1 aromatic heterocycles. The number of piperidine rings is 1. The van der Waals surface area contributed by atoms with E-state index < -0.39 is 15.6 Å². The van der Waals surface area contributed by atoms with E-state index in [9.17, 15) is 13.2 Å². The Bertz CT molecular complexity index is 631. The van der Waals surface area contributed by atoms with Gasteiger partial charge in [0.1, 0.15) is 0 Å². The van der Waals surface area contributed by atoms with Gasteiger partial charge in [-0.05, 0) is 36.8 Å². The highest BCUT2D eigenvalue weighted by atomic mass is 32.2. The van der Waals surface area contributed by atoms with Crippen LogP contribution in [0.2, 0.25) is 0 Å². The van der Waals surface area contributed by atoms with Crippen molar-refractivity contribution < 1.29 is 17.9 Å². The van der Waals surface area contributed by atoms with Gasteiger partial charge in [-0.2, -0.15) is 0 Å². The monoisotopic (exact) mass is 346 g/mol. The zero-order valence-corrected chi connectivity index (χ0v) is 14.7. The molecule has 1 aliphatic heterocycles. The fourth-order valence-electron chi connectivity index (χ4n) is 2.56. The third kappa shape index (κ3) is 4.07. The SMILES string of the molecule is COC1(CNC(=O)c2cc(C)cs2)CCN(S(C)(=O)=O)CC1. The molecular weight excluding hydrogens is 324 g/mol. The van der Waals surface area contributed by atoms with Gasteiger partial charge in [0.15, 0.2) is 0 Å². The number of aryl methyl sites for hydroxylation is 1. The Balaban J connectivity index is 1.94. The zero-order valence-electron chi connectivity index (χ0n) is 13.1. The summed E-state index contributed by atoms with van der Waals surface area (Å²) in [7, 11) is -1.56. The number of nitrogens with one attached hydrogen (secondary N) is 1. The first-order chi connectivity index (χ1) is 10.3. The van der Waals surface area contributed by atoms with E-state index in [2.05, 4.69) is 5.32 Å². The van der Waals surface area contributed by atoms with Gasteiger partial charge >= 0.3 is 0 Å². The van der Waals surface area contributed by atoms with Crippen molar-refractivity contribution in [1.82, 2.24) is 9.62 Å². The molecule has 124 valence electrons. The molecule has 0 atom stereocenters. The molecule has 1 aliphatic rings. The molecule has 1 aromatic rings. The lowest BCUT2D eigenvalue weighted by Gasteiger charge is -2.39. The highest BCUT2D eigenvalue weighted by Gasteiger charge is 2.37. The fourth-order valence-corrected chi connectivity index (χ4v) is 4.22. The topological polar surface area (TPSA) is 75.7 Å². The fraction of sp³-hybridized carbons (Fsp3) is 0.643. The lowest BCUT2D eigenvalue weighted by atomic mass is 9.92. The van der Waals surface area contributed by atoms with Gasteiger partial charge < -0.3 is 10.1 Å². The summed E-state index contributed by atoms with van der Waals surface area (Å²) in [6.45, 7) is 3.17. The van der Waals surface area contributed by atoms with Crippen LogP contribution in [0, 0.1) is 6.92 Å². The molecule has 0 saturated carbocycles. The van der Waals surface area contributed by atoms with Gasteiger partial charge in [-0.25, -0.2) is 12.7 Å². The smallest absolute Gasteiger partial charge is 0.261 e. The minimum Gasteiger partial charge on any atom is -0.376 e. The van der Waals surface area contributed by atoms with E-state index >= 15 is 0 Å². The standard InChI is InChI=1S/C14H22N2O4S2/c1-11-8-12(21-9-11)13(17)15-10-14(20-2)4-6-16(7-5-14)22(3,18)19/h8-9H,4-7,10H2,1-3H3,(H,15,17). The zero-order chi connectivity index (χ0) is 16.4. The van der Waals surface area contributed by atoms with Gasteiger partial charge in [-0.1, -0.05) is 0 Å². The Kier molecular flexibility index (Phi) is 5.26. The summed E-state index contributed by atoms with van der Waals surface area (Å²) >= 11 is 1.41. The minimum absolute atomic E-state index is 0.111. The van der Waals surface area contributed by atoms with Gasteiger partial charge in [0, 0.05) is 26.7 Å². The Morgan fingerprint density at radius 1 is 1.45 bits per heavy atom. The van der Waals surface area contributed by atoms with Crippen LogP contribution in [0.1, 0.15) is 28.1 Å². The molecule has 2 rings (SSSR count). The van der Waals surface area contributed by atoms with Crippen LogP contribution in [0.5, 0.6) is 0 Å². The first-order valence-corrected chi connectivity index (χ1v) is 9.82. The van der Waals surface area contributed by atoms with Crippen LogP contribution in [0.3, 0.4) is 0 Å². The molecule has 22 heavy (non-hydrogen) atoms. The maximum absolute atomic E-state index is 12.1. The molecule has 2 heterocycles. The summed E-state index contributed by atoms with van der Waals surface area (Å²) in [5.41, 5.74) is 0.571. The summed E-state index contributed by atoms with van der Waals surface area (Å²) in [5, 5.41) is 4.84. The third-order valence-corrected chi connectivity index (χ3v) is 6.41. The number of rotatable bonds is 5. The number of amides is 1. The first-order valence-electron chi connectivity index (χ1n) is 7.09. The van der Waals surface area contributed by atoms with E-state index in [0.29, 0.717) is 37.4 Å². The van der Waals surface area contributed by atoms with Crippen molar-refractivity contribution in [2.75, 3.05) is 33.0 Å². The van der Waals surface area contributed by atoms with E-state index in [1.165, 1.54) is 21.9 Å². The summed E-state index contributed by atoms with van der Waals surface area (Å²) < 4.78 is 30.2. The van der Waals surface area contributed by atoms with Crippen LogP contribution in [-0.4, -0.2) is 57.2 Å². The maximum Gasteiger partial charge on any atom is 0.261 e. The van der Waals surface area contributed by atoms with Crippen LogP contribution < -0.4 is 5.32 Å². The minimum atomic E-state index is -3.16. The summed E-state index contributed by atoms with van der Waals surface area (Å²) in [6, 6.07) is 1.85. The Morgan fingerprint density at radius 2 is 2.09 bits per heavy atom. The average Bonchev–Trinajstić information content (AvgIpc) is 2.91. The van der Waals surface area contributed by atoms with E-state index in [1.807, 2.05) is 18.4 Å². The summed E-state index contributed by atoms with van der Waals surface area (Å²) in [5.74, 6) is -0.111. The number of methoxy groups -OCH3 is 1. The second-order valence-corrected chi connectivity index (χ2v) is 8.61. The van der Waals surface area contributed by atoms with Crippen molar-refractivity contribution in [3.63, 3.8) is 0 Å². The predicted molar refractivity (Wildman–Crippen MR) is 86.8 cm³/mol. The average molecular weight is 346 g/mol. The number of hydrogen-bond acceptors (Lipinski definition) is 5. The van der Waals surface area contributed by atoms with Gasteiger partial charge in [0.2, 0.25) is 10.0 Å². The van der Waals surface area contributed by atoms with E-state index in [0.717, 1.165) is 5.56 Å². The molecule has 0 aliphatic carbocycles. The number of hydrogen-bond donors (Lipinski definition) is 1. The van der Waals surface area contributed by atoms with Crippen molar-refractivity contribution in [2.24, 2.45) is 0 Å². The second-order valence-electron chi connectivity index (χ2n) is 5.72.